The first-order valence-corrected chi connectivity index (χ1v) is 8.25. The number of carbonyl (C=O) groups excluding carboxylic acids is 1. The largest absolute Gasteiger partial charge is 0.484 e. The van der Waals surface area contributed by atoms with Gasteiger partial charge in [-0.15, -0.1) is 24.0 Å². The van der Waals surface area contributed by atoms with Crippen LogP contribution in [0, 0.1) is 0 Å². The molecule has 4 N–H and O–H groups in total. The number of hydrogen-bond acceptors (Lipinski definition) is 4. The number of halogens is 1. The Balaban J connectivity index is 0.00000576. The standard InChI is InChI=1S/C17H28N4O3.HI/c1-3-19-17(20-9-6-10-23-4-2)21-12-14-7-5-8-15(11-14)24-13-16(18)22;/h5,7-8,11H,3-4,6,9-10,12-13H2,1-2H3,(H2,18,22)(H2,19,20,21);1H. The number of ether oxygens (including phenoxy) is 2. The minimum atomic E-state index is -0.496. The quantitative estimate of drug-likeness (QED) is 0.200. The number of benzene rings is 1. The maximum absolute atomic E-state index is 10.8. The summed E-state index contributed by atoms with van der Waals surface area (Å²) in [5.74, 6) is 0.873. The van der Waals surface area contributed by atoms with Crippen molar-refractivity contribution < 1.29 is 14.3 Å². The van der Waals surface area contributed by atoms with Gasteiger partial charge in [0.05, 0.1) is 6.54 Å². The van der Waals surface area contributed by atoms with E-state index in [1.807, 2.05) is 32.0 Å². The number of aliphatic imine (C=N–C) groups is 1. The Hall–Kier alpha value is -1.55. The van der Waals surface area contributed by atoms with Crippen LogP contribution in [0.5, 0.6) is 5.75 Å². The Morgan fingerprint density at radius 2 is 2.08 bits per heavy atom. The monoisotopic (exact) mass is 464 g/mol. The highest BCUT2D eigenvalue weighted by atomic mass is 127. The summed E-state index contributed by atoms with van der Waals surface area (Å²) in [6.07, 6.45) is 0.925. The lowest BCUT2D eigenvalue weighted by Gasteiger charge is -2.11. The molecule has 0 aromatic heterocycles. The van der Waals surface area contributed by atoms with Gasteiger partial charge in [0, 0.05) is 26.3 Å². The molecule has 25 heavy (non-hydrogen) atoms. The zero-order valence-corrected chi connectivity index (χ0v) is 17.2. The van der Waals surface area contributed by atoms with Crippen molar-refractivity contribution in [2.45, 2.75) is 26.8 Å². The van der Waals surface area contributed by atoms with Gasteiger partial charge in [-0.25, -0.2) is 4.99 Å². The summed E-state index contributed by atoms with van der Waals surface area (Å²) in [6, 6.07) is 7.46. The molecule has 1 aromatic carbocycles. The van der Waals surface area contributed by atoms with Crippen LogP contribution < -0.4 is 21.1 Å². The first-order chi connectivity index (χ1) is 11.7. The molecule has 0 aliphatic carbocycles. The Labute approximate surface area is 166 Å². The van der Waals surface area contributed by atoms with Gasteiger partial charge < -0.3 is 25.8 Å². The van der Waals surface area contributed by atoms with Crippen LogP contribution in [0.15, 0.2) is 29.3 Å². The molecule has 0 aliphatic rings. The number of nitrogens with one attached hydrogen (secondary N) is 2. The van der Waals surface area contributed by atoms with Crippen molar-refractivity contribution in [2.24, 2.45) is 10.7 Å². The van der Waals surface area contributed by atoms with Gasteiger partial charge in [0.25, 0.3) is 5.91 Å². The molecule has 1 aromatic rings. The number of carbonyl (C=O) groups is 1. The van der Waals surface area contributed by atoms with Crippen LogP contribution in [0.25, 0.3) is 0 Å². The zero-order chi connectivity index (χ0) is 17.6. The number of guanidine groups is 1. The molecule has 8 heteroatoms. The first kappa shape index (κ1) is 23.4. The van der Waals surface area contributed by atoms with Crippen molar-refractivity contribution in [3.05, 3.63) is 29.8 Å². The van der Waals surface area contributed by atoms with Crippen molar-refractivity contribution in [3.8, 4) is 5.75 Å². The van der Waals surface area contributed by atoms with E-state index in [9.17, 15) is 4.79 Å². The number of amides is 1. The van der Waals surface area contributed by atoms with E-state index < -0.39 is 5.91 Å². The van der Waals surface area contributed by atoms with E-state index in [2.05, 4.69) is 15.6 Å². The summed E-state index contributed by atoms with van der Waals surface area (Å²) in [5.41, 5.74) is 6.07. The molecule has 1 rings (SSSR count). The second-order valence-electron chi connectivity index (χ2n) is 5.07. The van der Waals surface area contributed by atoms with Crippen molar-refractivity contribution in [2.75, 3.05) is 32.9 Å². The molecule has 7 nitrogen and oxygen atoms in total. The molecule has 0 atom stereocenters. The molecule has 0 aliphatic heterocycles. The van der Waals surface area contributed by atoms with Gasteiger partial charge >= 0.3 is 0 Å². The summed E-state index contributed by atoms with van der Waals surface area (Å²) < 4.78 is 10.6. The van der Waals surface area contributed by atoms with E-state index in [0.29, 0.717) is 12.3 Å². The molecule has 0 fully saturated rings. The molecule has 0 saturated carbocycles. The molecule has 0 bridgehead atoms. The Morgan fingerprint density at radius 3 is 2.76 bits per heavy atom. The fraction of sp³-hybridized carbons (Fsp3) is 0.529. The van der Waals surface area contributed by atoms with Gasteiger partial charge in [0.1, 0.15) is 5.75 Å². The SMILES string of the molecule is CCNC(=NCc1cccc(OCC(N)=O)c1)NCCCOCC.I. The lowest BCUT2D eigenvalue weighted by atomic mass is 10.2. The molecule has 0 radical (unpaired) electrons. The van der Waals surface area contributed by atoms with Gasteiger partial charge in [0.2, 0.25) is 0 Å². The first-order valence-electron chi connectivity index (χ1n) is 8.25. The maximum Gasteiger partial charge on any atom is 0.255 e. The fourth-order valence-electron chi connectivity index (χ4n) is 1.93. The van der Waals surface area contributed by atoms with Crippen LogP contribution in [0.2, 0.25) is 0 Å². The number of nitrogens with two attached hydrogens (primary N) is 1. The average Bonchev–Trinajstić information content (AvgIpc) is 2.58. The van der Waals surface area contributed by atoms with Crippen molar-refractivity contribution in [1.82, 2.24) is 10.6 Å². The third-order valence-electron chi connectivity index (χ3n) is 3.01. The minimum Gasteiger partial charge on any atom is -0.484 e. The van der Waals surface area contributed by atoms with Crippen LogP contribution in [0.4, 0.5) is 0 Å². The van der Waals surface area contributed by atoms with E-state index >= 15 is 0 Å². The van der Waals surface area contributed by atoms with Gasteiger partial charge in [-0.05, 0) is 38.0 Å². The van der Waals surface area contributed by atoms with E-state index in [4.69, 9.17) is 15.2 Å². The summed E-state index contributed by atoms with van der Waals surface area (Å²) >= 11 is 0. The molecule has 0 unspecified atom stereocenters. The predicted octanol–water partition coefficient (Wildman–Crippen LogP) is 1.65. The number of rotatable bonds is 11. The van der Waals surface area contributed by atoms with E-state index in [1.165, 1.54) is 0 Å². The zero-order valence-electron chi connectivity index (χ0n) is 14.9. The molecule has 0 spiro atoms. The van der Waals surface area contributed by atoms with E-state index in [1.54, 1.807) is 6.07 Å². The molecule has 1 amide bonds. The highest BCUT2D eigenvalue weighted by Gasteiger charge is 2.01. The van der Waals surface area contributed by atoms with Crippen LogP contribution in [-0.4, -0.2) is 44.8 Å². The molecule has 0 saturated heterocycles. The topological polar surface area (TPSA) is 98.0 Å². The van der Waals surface area contributed by atoms with Gasteiger partial charge in [0.15, 0.2) is 12.6 Å². The molecule has 142 valence electrons. The highest BCUT2D eigenvalue weighted by molar-refractivity contribution is 14.0. The second-order valence-corrected chi connectivity index (χ2v) is 5.07. The Bertz CT molecular complexity index is 526. The van der Waals surface area contributed by atoms with Gasteiger partial charge in [-0.3, -0.25) is 4.79 Å². The lowest BCUT2D eigenvalue weighted by molar-refractivity contribution is -0.119. The highest BCUT2D eigenvalue weighted by Crippen LogP contribution is 2.13. The molecular formula is C17H29IN4O3. The summed E-state index contributed by atoms with van der Waals surface area (Å²) in [5, 5.41) is 6.48. The minimum absolute atomic E-state index is 0. The Kier molecular flexibility index (Phi) is 13.8. The van der Waals surface area contributed by atoms with Crippen LogP contribution in [0.3, 0.4) is 0 Å². The predicted molar refractivity (Wildman–Crippen MR) is 110 cm³/mol. The normalized spacial score (nSPS) is 10.7. The van der Waals surface area contributed by atoms with Gasteiger partial charge in [-0.1, -0.05) is 12.1 Å². The molecule has 0 heterocycles. The summed E-state index contributed by atoms with van der Waals surface area (Å²) in [4.78, 5) is 15.3. The Morgan fingerprint density at radius 1 is 1.28 bits per heavy atom. The third-order valence-corrected chi connectivity index (χ3v) is 3.01. The number of primary amides is 1. The van der Waals surface area contributed by atoms with Gasteiger partial charge in [-0.2, -0.15) is 0 Å². The number of hydrogen-bond donors (Lipinski definition) is 3. The van der Waals surface area contributed by atoms with Crippen LogP contribution in [-0.2, 0) is 16.1 Å². The van der Waals surface area contributed by atoms with Crippen molar-refractivity contribution in [3.63, 3.8) is 0 Å². The second kappa shape index (κ2) is 14.8. The lowest BCUT2D eigenvalue weighted by Crippen LogP contribution is -2.38. The number of nitrogens with zero attached hydrogens (tertiary/aromatic N) is 1. The van der Waals surface area contributed by atoms with E-state index in [-0.39, 0.29) is 30.6 Å². The fourth-order valence-corrected chi connectivity index (χ4v) is 1.93. The van der Waals surface area contributed by atoms with Crippen molar-refractivity contribution in [1.29, 1.82) is 0 Å². The van der Waals surface area contributed by atoms with Crippen molar-refractivity contribution >= 4 is 35.8 Å². The smallest absolute Gasteiger partial charge is 0.255 e. The van der Waals surface area contributed by atoms with Crippen LogP contribution in [0.1, 0.15) is 25.8 Å². The van der Waals surface area contributed by atoms with Crippen LogP contribution >= 0.6 is 24.0 Å². The third kappa shape index (κ3) is 11.6. The maximum atomic E-state index is 10.8. The average molecular weight is 464 g/mol. The summed E-state index contributed by atoms with van der Waals surface area (Å²) in [7, 11) is 0. The molecular weight excluding hydrogens is 435 g/mol. The van der Waals surface area contributed by atoms with E-state index in [0.717, 1.165) is 44.2 Å². The summed E-state index contributed by atoms with van der Waals surface area (Å²) in [6.45, 7) is 7.46.